The summed E-state index contributed by atoms with van der Waals surface area (Å²) in [5.41, 5.74) is 0. The molecule has 104 valence electrons. The van der Waals surface area contributed by atoms with Gasteiger partial charge in [-0.15, -0.1) is 0 Å². The molecule has 0 aliphatic rings. The van der Waals surface area contributed by atoms with Gasteiger partial charge in [0.2, 0.25) is 5.92 Å². The van der Waals surface area contributed by atoms with Crippen LogP contribution in [0.15, 0.2) is 0 Å². The number of unbranched alkanes of at least 4 members (excludes halogenated alkanes) is 6. The van der Waals surface area contributed by atoms with Crippen molar-refractivity contribution in [3.63, 3.8) is 0 Å². The van der Waals surface area contributed by atoms with E-state index in [1.54, 1.807) is 0 Å². The highest BCUT2D eigenvalue weighted by atomic mass is 19.3. The minimum Gasteiger partial charge on any atom is -0.207 e. The van der Waals surface area contributed by atoms with E-state index in [0.717, 1.165) is 32.6 Å². The van der Waals surface area contributed by atoms with Crippen LogP contribution in [0.5, 0.6) is 0 Å². The molecule has 0 radical (unpaired) electrons. The third-order valence-electron chi connectivity index (χ3n) is 3.53. The first kappa shape index (κ1) is 16.9. The predicted molar refractivity (Wildman–Crippen MR) is 71.6 cm³/mol. The zero-order chi connectivity index (χ0) is 13.1. The summed E-state index contributed by atoms with van der Waals surface area (Å²) in [5.74, 6) is -2.88. The van der Waals surface area contributed by atoms with Gasteiger partial charge in [-0.1, -0.05) is 65.2 Å². The minimum atomic E-state index is -2.49. The van der Waals surface area contributed by atoms with Gasteiger partial charge in [-0.05, 0) is 19.8 Å². The van der Waals surface area contributed by atoms with Crippen LogP contribution in [-0.4, -0.2) is 5.92 Å². The van der Waals surface area contributed by atoms with Crippen molar-refractivity contribution in [2.45, 2.75) is 90.9 Å². The Bertz CT molecular complexity index is 149. The largest absolute Gasteiger partial charge is 0.248 e. The molecule has 2 heteroatoms. The van der Waals surface area contributed by atoms with Crippen molar-refractivity contribution < 1.29 is 8.78 Å². The van der Waals surface area contributed by atoms with Gasteiger partial charge in [-0.2, -0.15) is 0 Å². The average Bonchev–Trinajstić information content (AvgIpc) is 2.25. The molecule has 0 saturated heterocycles. The first-order valence-corrected chi connectivity index (χ1v) is 7.40. The number of alkyl halides is 2. The highest BCUT2D eigenvalue weighted by Gasteiger charge is 2.32. The molecule has 0 aromatic rings. The van der Waals surface area contributed by atoms with Crippen molar-refractivity contribution in [3.8, 4) is 0 Å². The molecule has 0 fully saturated rings. The topological polar surface area (TPSA) is 0 Å². The second-order valence-electron chi connectivity index (χ2n) is 5.35. The summed E-state index contributed by atoms with van der Waals surface area (Å²) in [7, 11) is 0. The van der Waals surface area contributed by atoms with Crippen LogP contribution in [0.2, 0.25) is 0 Å². The second-order valence-corrected chi connectivity index (χ2v) is 5.35. The Morgan fingerprint density at radius 1 is 0.765 bits per heavy atom. The molecule has 17 heavy (non-hydrogen) atoms. The molecular formula is C15H30F2. The lowest BCUT2D eigenvalue weighted by Gasteiger charge is -2.23. The smallest absolute Gasteiger partial charge is 0.207 e. The third-order valence-corrected chi connectivity index (χ3v) is 3.53. The maximum atomic E-state index is 13.4. The van der Waals surface area contributed by atoms with Crippen molar-refractivity contribution in [3.05, 3.63) is 0 Å². The van der Waals surface area contributed by atoms with Crippen LogP contribution in [0.4, 0.5) is 8.78 Å². The van der Waals surface area contributed by atoms with Crippen molar-refractivity contribution in [2.75, 3.05) is 0 Å². The maximum absolute atomic E-state index is 13.4. The number of hydrogen-bond donors (Lipinski definition) is 0. The summed E-state index contributed by atoms with van der Waals surface area (Å²) in [6, 6.07) is 0. The molecule has 0 rings (SSSR count). The number of halogens is 2. The monoisotopic (exact) mass is 248 g/mol. The Hall–Kier alpha value is -0.140. The van der Waals surface area contributed by atoms with E-state index >= 15 is 0 Å². The standard InChI is InChI=1S/C15H30F2/c1-4-6-8-10-12-14(15(3,16)17)13-11-9-7-5-2/h14H,4-13H2,1-3H3. The Morgan fingerprint density at radius 3 is 1.47 bits per heavy atom. The summed E-state index contributed by atoms with van der Waals surface area (Å²) in [5, 5.41) is 0. The quantitative estimate of drug-likeness (QED) is 0.382. The van der Waals surface area contributed by atoms with Crippen molar-refractivity contribution >= 4 is 0 Å². The predicted octanol–water partition coefficient (Wildman–Crippen LogP) is 6.20. The lowest BCUT2D eigenvalue weighted by molar-refractivity contribution is -0.0476. The van der Waals surface area contributed by atoms with E-state index in [0.29, 0.717) is 12.8 Å². The highest BCUT2D eigenvalue weighted by Crippen LogP contribution is 2.32. The van der Waals surface area contributed by atoms with Gasteiger partial charge in [0.25, 0.3) is 0 Å². The van der Waals surface area contributed by atoms with Gasteiger partial charge in [0.1, 0.15) is 0 Å². The summed E-state index contributed by atoms with van der Waals surface area (Å²) in [6.45, 7) is 5.39. The van der Waals surface area contributed by atoms with Crippen LogP contribution in [0.3, 0.4) is 0 Å². The molecule has 0 unspecified atom stereocenters. The summed E-state index contributed by atoms with van der Waals surface area (Å²) >= 11 is 0. The van der Waals surface area contributed by atoms with Gasteiger partial charge < -0.3 is 0 Å². The molecule has 0 heterocycles. The molecule has 0 saturated carbocycles. The van der Waals surface area contributed by atoms with Crippen LogP contribution < -0.4 is 0 Å². The molecular weight excluding hydrogens is 218 g/mol. The highest BCUT2D eigenvalue weighted by molar-refractivity contribution is 4.72. The fourth-order valence-electron chi connectivity index (χ4n) is 2.29. The summed E-state index contributed by atoms with van der Waals surface area (Å²) in [4.78, 5) is 0. The Balaban J connectivity index is 3.81. The Morgan fingerprint density at radius 2 is 1.18 bits per heavy atom. The number of rotatable bonds is 11. The fourth-order valence-corrected chi connectivity index (χ4v) is 2.29. The summed E-state index contributed by atoms with van der Waals surface area (Å²) < 4.78 is 26.8. The molecule has 0 nitrogen and oxygen atoms in total. The van der Waals surface area contributed by atoms with Gasteiger partial charge in [-0.3, -0.25) is 0 Å². The van der Waals surface area contributed by atoms with Crippen molar-refractivity contribution in [1.29, 1.82) is 0 Å². The molecule has 0 bridgehead atoms. The molecule has 0 N–H and O–H groups in total. The molecule has 0 aromatic heterocycles. The zero-order valence-electron chi connectivity index (χ0n) is 11.9. The van der Waals surface area contributed by atoms with Crippen LogP contribution in [0, 0.1) is 5.92 Å². The van der Waals surface area contributed by atoms with E-state index in [4.69, 9.17) is 0 Å². The van der Waals surface area contributed by atoms with Crippen LogP contribution in [0.25, 0.3) is 0 Å². The molecule has 0 aromatic carbocycles. The van der Waals surface area contributed by atoms with Gasteiger partial charge in [0.05, 0.1) is 0 Å². The van der Waals surface area contributed by atoms with E-state index in [1.165, 1.54) is 25.7 Å². The summed E-state index contributed by atoms with van der Waals surface area (Å²) in [6.07, 6.45) is 10.3. The van der Waals surface area contributed by atoms with Crippen LogP contribution >= 0.6 is 0 Å². The SMILES string of the molecule is CCCCCCC(CCCCCC)C(C)(F)F. The Labute approximate surface area is 106 Å². The molecule has 0 amide bonds. The van der Waals surface area contributed by atoms with E-state index in [1.807, 2.05) is 0 Å². The number of hydrogen-bond acceptors (Lipinski definition) is 0. The lowest BCUT2D eigenvalue weighted by Crippen LogP contribution is -2.24. The van der Waals surface area contributed by atoms with Crippen molar-refractivity contribution in [2.24, 2.45) is 5.92 Å². The van der Waals surface area contributed by atoms with E-state index in [-0.39, 0.29) is 0 Å². The maximum Gasteiger partial charge on any atom is 0.248 e. The first-order chi connectivity index (χ1) is 8.02. The Kier molecular flexibility index (Phi) is 9.76. The van der Waals surface area contributed by atoms with Crippen LogP contribution in [0.1, 0.15) is 85.0 Å². The van der Waals surface area contributed by atoms with Gasteiger partial charge in [-0.25, -0.2) is 8.78 Å². The molecule has 0 atom stereocenters. The van der Waals surface area contributed by atoms with E-state index < -0.39 is 11.8 Å². The second kappa shape index (κ2) is 9.85. The van der Waals surface area contributed by atoms with Crippen LogP contribution in [-0.2, 0) is 0 Å². The lowest BCUT2D eigenvalue weighted by atomic mass is 9.90. The molecule has 0 aliphatic carbocycles. The fraction of sp³-hybridized carbons (Fsp3) is 1.00. The van der Waals surface area contributed by atoms with Crippen molar-refractivity contribution in [1.82, 2.24) is 0 Å². The van der Waals surface area contributed by atoms with Gasteiger partial charge >= 0.3 is 0 Å². The minimum absolute atomic E-state index is 0.392. The molecule has 0 spiro atoms. The third kappa shape index (κ3) is 9.55. The van der Waals surface area contributed by atoms with Gasteiger partial charge in [0, 0.05) is 5.92 Å². The zero-order valence-corrected chi connectivity index (χ0v) is 11.9. The van der Waals surface area contributed by atoms with Gasteiger partial charge in [0.15, 0.2) is 0 Å². The van der Waals surface area contributed by atoms with E-state index in [2.05, 4.69) is 13.8 Å². The molecule has 0 aliphatic heterocycles. The average molecular weight is 248 g/mol. The first-order valence-electron chi connectivity index (χ1n) is 7.40. The van der Waals surface area contributed by atoms with E-state index in [9.17, 15) is 8.78 Å². The normalized spacial score (nSPS) is 12.4.